The number of hydrogen-bond donors (Lipinski definition) is 0. The predicted octanol–water partition coefficient (Wildman–Crippen LogP) is 2.62. The standard InChI is InChI=1S/C5H5.2CH3.Ti/c1-2-4-5-3-1;;;/h1-5H;2*1H3;. The fourth-order valence-electron chi connectivity index (χ4n) is 0.817. The average molecular weight is 143 g/mol. The Bertz CT molecular complexity index is 110. The first-order chi connectivity index (χ1) is 3.80. The molecule has 0 aromatic carbocycles. The van der Waals surface area contributed by atoms with Crippen LogP contribution in [-0.2, 0) is 17.9 Å². The van der Waals surface area contributed by atoms with Crippen LogP contribution in [0.4, 0.5) is 0 Å². The Morgan fingerprint density at radius 1 is 1.12 bits per heavy atom. The fourth-order valence-corrected chi connectivity index (χ4v) is 2.37. The second kappa shape index (κ2) is 2.66. The van der Waals surface area contributed by atoms with Crippen LogP contribution in [0.2, 0.25) is 14.7 Å². The number of hydrogen-bond acceptors (Lipinski definition) is 0. The zero-order chi connectivity index (χ0) is 5.98. The van der Waals surface area contributed by atoms with Gasteiger partial charge in [0, 0.05) is 0 Å². The van der Waals surface area contributed by atoms with E-state index < -0.39 is 17.9 Å². The third-order valence-electron chi connectivity index (χ3n) is 1.41. The van der Waals surface area contributed by atoms with Gasteiger partial charge in [0.05, 0.1) is 0 Å². The molecule has 0 saturated heterocycles. The van der Waals surface area contributed by atoms with E-state index in [1.54, 1.807) is 0 Å². The van der Waals surface area contributed by atoms with Gasteiger partial charge in [0.25, 0.3) is 0 Å². The van der Waals surface area contributed by atoms with E-state index in [-0.39, 0.29) is 0 Å². The number of allylic oxidation sites excluding steroid dienone is 4. The Kier molecular flexibility index (Phi) is 2.10. The van der Waals surface area contributed by atoms with Crippen LogP contribution < -0.4 is 0 Å². The molecule has 0 aliphatic heterocycles. The van der Waals surface area contributed by atoms with E-state index in [0.29, 0.717) is 0 Å². The van der Waals surface area contributed by atoms with Crippen molar-refractivity contribution in [3.63, 3.8) is 0 Å². The van der Waals surface area contributed by atoms with Crippen LogP contribution in [0.1, 0.15) is 0 Å². The molecule has 0 saturated carbocycles. The molecule has 0 nitrogen and oxygen atoms in total. The molecule has 8 heavy (non-hydrogen) atoms. The third-order valence-corrected chi connectivity index (χ3v) is 4.10. The molecule has 0 aromatic rings. The third kappa shape index (κ3) is 1.33. The van der Waals surface area contributed by atoms with Crippen molar-refractivity contribution in [3.05, 3.63) is 24.3 Å². The molecular formula is C7H11Ti. The Morgan fingerprint density at radius 3 is 1.88 bits per heavy atom. The molecule has 1 aliphatic rings. The van der Waals surface area contributed by atoms with Crippen molar-refractivity contribution in [2.75, 3.05) is 0 Å². The molecule has 0 amide bonds. The van der Waals surface area contributed by atoms with Gasteiger partial charge in [0.15, 0.2) is 0 Å². The summed E-state index contributed by atoms with van der Waals surface area (Å²) < 4.78 is 0.870. The van der Waals surface area contributed by atoms with Gasteiger partial charge in [-0.05, 0) is 0 Å². The first-order valence-electron chi connectivity index (χ1n) is 2.96. The zero-order valence-corrected chi connectivity index (χ0v) is 6.95. The van der Waals surface area contributed by atoms with E-state index in [1.807, 2.05) is 0 Å². The van der Waals surface area contributed by atoms with Crippen LogP contribution >= 0.6 is 0 Å². The Hall–Kier alpha value is 0.194. The summed E-state index contributed by atoms with van der Waals surface area (Å²) in [6.45, 7) is 0. The van der Waals surface area contributed by atoms with Gasteiger partial charge in [-0.1, -0.05) is 0 Å². The van der Waals surface area contributed by atoms with Crippen LogP contribution in [-0.4, -0.2) is 0 Å². The van der Waals surface area contributed by atoms with Gasteiger partial charge in [-0.3, -0.25) is 0 Å². The van der Waals surface area contributed by atoms with Gasteiger partial charge in [0.2, 0.25) is 0 Å². The van der Waals surface area contributed by atoms with Gasteiger partial charge >= 0.3 is 56.9 Å². The van der Waals surface area contributed by atoms with E-state index in [0.717, 1.165) is 4.22 Å². The summed E-state index contributed by atoms with van der Waals surface area (Å²) in [6, 6.07) is 0. The molecule has 0 heterocycles. The summed E-state index contributed by atoms with van der Waals surface area (Å²) >= 11 is -0.630. The molecule has 1 rings (SSSR count). The molecule has 1 heteroatoms. The van der Waals surface area contributed by atoms with Gasteiger partial charge in [0.1, 0.15) is 0 Å². The van der Waals surface area contributed by atoms with Crippen LogP contribution in [0.15, 0.2) is 24.3 Å². The molecule has 0 fully saturated rings. The van der Waals surface area contributed by atoms with Crippen molar-refractivity contribution in [1.82, 2.24) is 0 Å². The molecule has 0 radical (unpaired) electrons. The second-order valence-corrected chi connectivity index (χ2v) is 6.78. The fraction of sp³-hybridized carbons (Fsp3) is 0.429. The topological polar surface area (TPSA) is 0 Å². The maximum absolute atomic E-state index is 2.41. The van der Waals surface area contributed by atoms with Crippen molar-refractivity contribution in [2.24, 2.45) is 0 Å². The molecule has 0 aromatic heterocycles. The minimum absolute atomic E-state index is 0.630. The monoisotopic (exact) mass is 143 g/mol. The first kappa shape index (κ1) is 6.32. The van der Waals surface area contributed by atoms with Gasteiger partial charge in [-0.15, -0.1) is 0 Å². The summed E-state index contributed by atoms with van der Waals surface area (Å²) in [5, 5.41) is 4.81. The minimum atomic E-state index is -0.630. The Balaban J connectivity index is 2.49. The van der Waals surface area contributed by atoms with Gasteiger partial charge < -0.3 is 0 Å². The molecule has 43 valence electrons. The van der Waals surface area contributed by atoms with Crippen molar-refractivity contribution < 1.29 is 17.9 Å². The van der Waals surface area contributed by atoms with Crippen molar-refractivity contribution in [3.8, 4) is 0 Å². The first-order valence-corrected chi connectivity index (χ1v) is 6.98. The molecule has 0 bridgehead atoms. The summed E-state index contributed by atoms with van der Waals surface area (Å²) in [7, 11) is 0. The van der Waals surface area contributed by atoms with Crippen LogP contribution in [0, 0.1) is 0 Å². The maximum atomic E-state index is 2.41. The van der Waals surface area contributed by atoms with Gasteiger partial charge in [-0.2, -0.15) is 0 Å². The van der Waals surface area contributed by atoms with Crippen LogP contribution in [0.3, 0.4) is 0 Å². The molecule has 0 N–H and O–H groups in total. The predicted molar refractivity (Wildman–Crippen MR) is 33.8 cm³/mol. The zero-order valence-electron chi connectivity index (χ0n) is 5.39. The summed E-state index contributed by atoms with van der Waals surface area (Å²) in [5.74, 6) is 0. The Morgan fingerprint density at radius 2 is 1.62 bits per heavy atom. The molecule has 0 spiro atoms. The summed E-state index contributed by atoms with van der Waals surface area (Å²) in [6.07, 6.45) is 8.94. The van der Waals surface area contributed by atoms with Crippen molar-refractivity contribution in [2.45, 2.75) is 14.7 Å². The molecular weight excluding hydrogens is 132 g/mol. The molecule has 1 aliphatic carbocycles. The van der Waals surface area contributed by atoms with E-state index in [9.17, 15) is 0 Å². The average Bonchev–Trinajstić information content (AvgIpc) is 2.12. The molecule has 0 unspecified atom stereocenters. The quantitative estimate of drug-likeness (QED) is 0.495. The normalized spacial score (nSPS) is 17.8. The van der Waals surface area contributed by atoms with Crippen LogP contribution in [0.25, 0.3) is 0 Å². The molecule has 0 atom stereocenters. The van der Waals surface area contributed by atoms with Crippen molar-refractivity contribution >= 4 is 0 Å². The SMILES string of the molecule is [CH3][Ti]([CH3])[CH]1C=CC=C1. The number of rotatable bonds is 1. The van der Waals surface area contributed by atoms with E-state index >= 15 is 0 Å². The summed E-state index contributed by atoms with van der Waals surface area (Å²) in [4.78, 5) is 0. The van der Waals surface area contributed by atoms with Crippen molar-refractivity contribution in [1.29, 1.82) is 0 Å². The second-order valence-electron chi connectivity index (χ2n) is 2.37. The van der Waals surface area contributed by atoms with Crippen LogP contribution in [0.5, 0.6) is 0 Å². The van der Waals surface area contributed by atoms with E-state index in [2.05, 4.69) is 34.8 Å². The van der Waals surface area contributed by atoms with E-state index in [4.69, 9.17) is 0 Å². The van der Waals surface area contributed by atoms with Gasteiger partial charge in [-0.25, -0.2) is 0 Å². The van der Waals surface area contributed by atoms with E-state index in [1.165, 1.54) is 0 Å². The Labute approximate surface area is 57.1 Å². The summed E-state index contributed by atoms with van der Waals surface area (Å²) in [5.41, 5.74) is 0.